The number of para-hydroxylation sites is 1. The first-order valence-electron chi connectivity index (χ1n) is 9.12. The second-order valence-electron chi connectivity index (χ2n) is 6.67. The SMILES string of the molecule is Cc1cccc(-c2nc(C)c(CCNC(=O)C(=O)Nc3ccccc3C)s2)c1. The van der Waals surface area contributed by atoms with Crippen LogP contribution in [0.5, 0.6) is 0 Å². The van der Waals surface area contributed by atoms with Crippen LogP contribution in [0.3, 0.4) is 0 Å². The van der Waals surface area contributed by atoms with E-state index in [1.165, 1.54) is 5.56 Å². The lowest BCUT2D eigenvalue weighted by Gasteiger charge is -2.08. The first-order valence-corrected chi connectivity index (χ1v) is 9.94. The molecule has 3 aromatic rings. The van der Waals surface area contributed by atoms with Gasteiger partial charge < -0.3 is 10.6 Å². The summed E-state index contributed by atoms with van der Waals surface area (Å²) < 4.78 is 0. The summed E-state index contributed by atoms with van der Waals surface area (Å²) in [6.07, 6.45) is 0.638. The largest absolute Gasteiger partial charge is 0.347 e. The number of amides is 2. The van der Waals surface area contributed by atoms with Crippen LogP contribution in [0.2, 0.25) is 0 Å². The van der Waals surface area contributed by atoms with Crippen LogP contribution in [0.4, 0.5) is 5.69 Å². The fraction of sp³-hybridized carbons (Fsp3) is 0.227. The second kappa shape index (κ2) is 8.80. The maximum atomic E-state index is 12.1. The van der Waals surface area contributed by atoms with Crippen molar-refractivity contribution in [1.82, 2.24) is 10.3 Å². The smallest absolute Gasteiger partial charge is 0.313 e. The van der Waals surface area contributed by atoms with Gasteiger partial charge in [-0.15, -0.1) is 11.3 Å². The van der Waals surface area contributed by atoms with Gasteiger partial charge in [-0.1, -0.05) is 42.0 Å². The number of benzene rings is 2. The quantitative estimate of drug-likeness (QED) is 0.643. The fourth-order valence-electron chi connectivity index (χ4n) is 2.82. The molecule has 0 spiro atoms. The number of nitrogens with zero attached hydrogens (tertiary/aromatic N) is 1. The Labute approximate surface area is 168 Å². The van der Waals surface area contributed by atoms with E-state index >= 15 is 0 Å². The molecule has 0 aliphatic heterocycles. The zero-order chi connectivity index (χ0) is 20.1. The van der Waals surface area contributed by atoms with Gasteiger partial charge in [-0.05, 0) is 38.5 Å². The molecule has 0 saturated carbocycles. The predicted molar refractivity (Wildman–Crippen MR) is 114 cm³/mol. The van der Waals surface area contributed by atoms with Gasteiger partial charge in [-0.25, -0.2) is 4.98 Å². The molecule has 2 aromatic carbocycles. The molecule has 3 rings (SSSR count). The van der Waals surface area contributed by atoms with Crippen molar-refractivity contribution in [3.05, 3.63) is 70.2 Å². The Morgan fingerprint density at radius 1 is 1.00 bits per heavy atom. The topological polar surface area (TPSA) is 71.1 Å². The van der Waals surface area contributed by atoms with Gasteiger partial charge in [0.05, 0.1) is 5.69 Å². The van der Waals surface area contributed by atoms with Gasteiger partial charge in [0.25, 0.3) is 0 Å². The fourth-order valence-corrected chi connectivity index (χ4v) is 3.88. The van der Waals surface area contributed by atoms with Gasteiger partial charge in [0.15, 0.2) is 0 Å². The lowest BCUT2D eigenvalue weighted by atomic mass is 10.1. The van der Waals surface area contributed by atoms with Crippen LogP contribution < -0.4 is 10.6 Å². The Kier molecular flexibility index (Phi) is 6.21. The van der Waals surface area contributed by atoms with Crippen molar-refractivity contribution >= 4 is 28.8 Å². The van der Waals surface area contributed by atoms with Crippen molar-refractivity contribution in [2.75, 3.05) is 11.9 Å². The van der Waals surface area contributed by atoms with E-state index in [2.05, 4.69) is 34.7 Å². The number of carbonyl (C=O) groups is 2. The van der Waals surface area contributed by atoms with Gasteiger partial charge in [0, 0.05) is 29.1 Å². The number of hydrogen-bond donors (Lipinski definition) is 2. The third kappa shape index (κ3) is 4.84. The summed E-state index contributed by atoms with van der Waals surface area (Å²) in [5.74, 6) is -1.29. The minimum atomic E-state index is -0.657. The summed E-state index contributed by atoms with van der Waals surface area (Å²) in [6, 6.07) is 15.6. The summed E-state index contributed by atoms with van der Waals surface area (Å²) in [4.78, 5) is 29.9. The van der Waals surface area contributed by atoms with Crippen LogP contribution >= 0.6 is 11.3 Å². The summed E-state index contributed by atoms with van der Waals surface area (Å²) in [5.41, 5.74) is 4.80. The van der Waals surface area contributed by atoms with Crippen molar-refractivity contribution in [3.8, 4) is 10.6 Å². The molecule has 1 aromatic heterocycles. The number of aryl methyl sites for hydroxylation is 3. The Hall–Kier alpha value is -2.99. The molecule has 0 unspecified atom stereocenters. The zero-order valence-corrected chi connectivity index (χ0v) is 17.0. The van der Waals surface area contributed by atoms with Gasteiger partial charge in [-0.3, -0.25) is 9.59 Å². The highest BCUT2D eigenvalue weighted by Gasteiger charge is 2.15. The van der Waals surface area contributed by atoms with Gasteiger partial charge in [0.1, 0.15) is 5.01 Å². The van der Waals surface area contributed by atoms with Crippen LogP contribution in [0.1, 0.15) is 21.7 Å². The van der Waals surface area contributed by atoms with E-state index in [0.29, 0.717) is 18.7 Å². The molecule has 0 aliphatic carbocycles. The molecule has 6 heteroatoms. The third-order valence-electron chi connectivity index (χ3n) is 4.39. The number of rotatable bonds is 5. The van der Waals surface area contributed by atoms with E-state index in [4.69, 9.17) is 0 Å². The molecule has 2 N–H and O–H groups in total. The lowest BCUT2D eigenvalue weighted by molar-refractivity contribution is -0.136. The van der Waals surface area contributed by atoms with Crippen LogP contribution in [0.25, 0.3) is 10.6 Å². The van der Waals surface area contributed by atoms with E-state index in [1.54, 1.807) is 17.4 Å². The highest BCUT2D eigenvalue weighted by Crippen LogP contribution is 2.28. The highest BCUT2D eigenvalue weighted by atomic mass is 32.1. The molecular formula is C22H23N3O2S. The van der Waals surface area contributed by atoms with Gasteiger partial charge >= 0.3 is 11.8 Å². The highest BCUT2D eigenvalue weighted by molar-refractivity contribution is 7.15. The van der Waals surface area contributed by atoms with Crippen molar-refractivity contribution in [2.24, 2.45) is 0 Å². The standard InChI is InChI=1S/C22H23N3O2S/c1-14-7-6-9-17(13-14)22-24-16(3)19(28-22)11-12-23-20(26)21(27)25-18-10-5-4-8-15(18)2/h4-10,13H,11-12H2,1-3H3,(H,23,26)(H,25,27). The molecule has 5 nitrogen and oxygen atoms in total. The first-order chi connectivity index (χ1) is 13.4. The number of aromatic nitrogens is 1. The van der Waals surface area contributed by atoms with Crippen molar-refractivity contribution in [2.45, 2.75) is 27.2 Å². The predicted octanol–water partition coefficient (Wildman–Crippen LogP) is 4.03. The minimum absolute atomic E-state index is 0.385. The van der Waals surface area contributed by atoms with E-state index in [1.807, 2.05) is 44.2 Å². The molecule has 0 aliphatic rings. The van der Waals surface area contributed by atoms with Crippen molar-refractivity contribution in [1.29, 1.82) is 0 Å². The molecule has 1 heterocycles. The second-order valence-corrected chi connectivity index (χ2v) is 7.76. The van der Waals surface area contributed by atoms with E-state index in [-0.39, 0.29) is 0 Å². The van der Waals surface area contributed by atoms with Crippen LogP contribution in [-0.2, 0) is 16.0 Å². The molecule has 28 heavy (non-hydrogen) atoms. The number of nitrogens with one attached hydrogen (secondary N) is 2. The maximum absolute atomic E-state index is 12.1. The van der Waals surface area contributed by atoms with Crippen LogP contribution in [0, 0.1) is 20.8 Å². The monoisotopic (exact) mass is 393 g/mol. The van der Waals surface area contributed by atoms with E-state index in [0.717, 1.165) is 26.7 Å². The number of thiazole rings is 1. The molecule has 0 bridgehead atoms. The summed E-state index contributed by atoms with van der Waals surface area (Å²) in [5, 5.41) is 6.30. The number of anilines is 1. The van der Waals surface area contributed by atoms with E-state index < -0.39 is 11.8 Å². The van der Waals surface area contributed by atoms with E-state index in [9.17, 15) is 9.59 Å². The summed E-state index contributed by atoms with van der Waals surface area (Å²) >= 11 is 1.62. The Bertz CT molecular complexity index is 1010. The Balaban J connectivity index is 1.55. The summed E-state index contributed by atoms with van der Waals surface area (Å²) in [6.45, 7) is 6.29. The summed E-state index contributed by atoms with van der Waals surface area (Å²) in [7, 11) is 0. The molecule has 144 valence electrons. The zero-order valence-electron chi connectivity index (χ0n) is 16.2. The Morgan fingerprint density at radius 3 is 2.54 bits per heavy atom. The molecule has 2 amide bonds. The number of carbonyl (C=O) groups excluding carboxylic acids is 2. The third-order valence-corrected chi connectivity index (χ3v) is 5.66. The average molecular weight is 394 g/mol. The van der Waals surface area contributed by atoms with Gasteiger partial charge in [0.2, 0.25) is 0 Å². The lowest BCUT2D eigenvalue weighted by Crippen LogP contribution is -2.36. The molecule has 0 atom stereocenters. The molecular weight excluding hydrogens is 370 g/mol. The Morgan fingerprint density at radius 2 is 1.79 bits per heavy atom. The minimum Gasteiger partial charge on any atom is -0.347 e. The van der Waals surface area contributed by atoms with Crippen molar-refractivity contribution in [3.63, 3.8) is 0 Å². The maximum Gasteiger partial charge on any atom is 0.313 e. The van der Waals surface area contributed by atoms with Crippen molar-refractivity contribution < 1.29 is 9.59 Å². The number of hydrogen-bond acceptors (Lipinski definition) is 4. The normalized spacial score (nSPS) is 10.5. The molecule has 0 radical (unpaired) electrons. The molecule has 0 fully saturated rings. The van der Waals surface area contributed by atoms with Crippen LogP contribution in [0.15, 0.2) is 48.5 Å². The first kappa shape index (κ1) is 19.8. The average Bonchev–Trinajstić information content (AvgIpc) is 3.04. The van der Waals surface area contributed by atoms with Crippen LogP contribution in [-0.4, -0.2) is 23.3 Å². The van der Waals surface area contributed by atoms with Gasteiger partial charge in [-0.2, -0.15) is 0 Å². The molecule has 0 saturated heterocycles.